The Bertz CT molecular complexity index is 754. The second kappa shape index (κ2) is 6.36. The maximum atomic E-state index is 12.8. The molecule has 0 atom stereocenters. The van der Waals surface area contributed by atoms with Crippen LogP contribution < -0.4 is 4.90 Å². The molecular weight excluding hydrogens is 302 g/mol. The molecule has 0 radical (unpaired) electrons. The molecule has 0 N–H and O–H groups in total. The number of nitrogens with zero attached hydrogens (tertiary/aromatic N) is 5. The van der Waals surface area contributed by atoms with E-state index in [1.165, 1.54) is 5.56 Å². The Kier molecular flexibility index (Phi) is 4.06. The van der Waals surface area contributed by atoms with Crippen LogP contribution in [0.2, 0.25) is 0 Å². The highest BCUT2D eigenvalue weighted by Crippen LogP contribution is 2.27. The normalized spacial score (nSPS) is 17.5. The summed E-state index contributed by atoms with van der Waals surface area (Å²) in [7, 11) is 0. The van der Waals surface area contributed by atoms with Crippen molar-refractivity contribution in [1.82, 2.24) is 19.7 Å². The number of amides is 1. The number of carbonyl (C=O) groups is 1. The maximum absolute atomic E-state index is 12.8. The molecular formula is C18H23N5O. The summed E-state index contributed by atoms with van der Waals surface area (Å²) in [6.45, 7) is 5.81. The molecule has 126 valence electrons. The Morgan fingerprint density at radius 2 is 2.04 bits per heavy atom. The molecule has 6 nitrogen and oxygen atoms in total. The SMILES string of the molecule is CCc1nnc2n1CCN(CC(=O)N1CCCc3ccccc31)C2. The minimum absolute atomic E-state index is 0.186. The molecule has 0 bridgehead atoms. The van der Waals surface area contributed by atoms with Crippen LogP contribution in [0, 0.1) is 0 Å². The zero-order valence-corrected chi connectivity index (χ0v) is 14.1. The quantitative estimate of drug-likeness (QED) is 0.861. The van der Waals surface area contributed by atoms with Crippen LogP contribution in [0.15, 0.2) is 24.3 Å². The van der Waals surface area contributed by atoms with Crippen molar-refractivity contribution in [1.29, 1.82) is 0 Å². The van der Waals surface area contributed by atoms with Crippen LogP contribution in [-0.4, -0.2) is 45.2 Å². The van der Waals surface area contributed by atoms with Gasteiger partial charge in [0.25, 0.3) is 0 Å². The summed E-state index contributed by atoms with van der Waals surface area (Å²) in [5, 5.41) is 8.52. The number of rotatable bonds is 3. The van der Waals surface area contributed by atoms with Crippen LogP contribution in [0.4, 0.5) is 5.69 Å². The lowest BCUT2D eigenvalue weighted by Gasteiger charge is -2.33. The molecule has 24 heavy (non-hydrogen) atoms. The monoisotopic (exact) mass is 325 g/mol. The van der Waals surface area contributed by atoms with Gasteiger partial charge in [0, 0.05) is 31.7 Å². The first-order valence-corrected chi connectivity index (χ1v) is 8.78. The number of benzene rings is 1. The van der Waals surface area contributed by atoms with Crippen molar-refractivity contribution in [2.45, 2.75) is 39.3 Å². The Balaban J connectivity index is 1.46. The van der Waals surface area contributed by atoms with E-state index in [-0.39, 0.29) is 5.91 Å². The summed E-state index contributed by atoms with van der Waals surface area (Å²) in [6, 6.07) is 8.26. The van der Waals surface area contributed by atoms with Gasteiger partial charge in [0.05, 0.1) is 13.1 Å². The van der Waals surface area contributed by atoms with Gasteiger partial charge in [-0.1, -0.05) is 25.1 Å². The van der Waals surface area contributed by atoms with Crippen LogP contribution in [0.5, 0.6) is 0 Å². The third-order valence-corrected chi connectivity index (χ3v) is 5.00. The van der Waals surface area contributed by atoms with Crippen molar-refractivity contribution in [2.24, 2.45) is 0 Å². The molecule has 1 aromatic carbocycles. The Labute approximate surface area is 142 Å². The number of para-hydroxylation sites is 1. The summed E-state index contributed by atoms with van der Waals surface area (Å²) in [6.07, 6.45) is 3.00. The van der Waals surface area contributed by atoms with Gasteiger partial charge in [-0.05, 0) is 24.5 Å². The first-order chi connectivity index (χ1) is 11.8. The molecule has 0 aliphatic carbocycles. The smallest absolute Gasteiger partial charge is 0.241 e. The van der Waals surface area contributed by atoms with E-state index >= 15 is 0 Å². The van der Waals surface area contributed by atoms with Crippen LogP contribution >= 0.6 is 0 Å². The highest BCUT2D eigenvalue weighted by atomic mass is 16.2. The Morgan fingerprint density at radius 3 is 2.92 bits per heavy atom. The predicted octanol–water partition coefficient (Wildman–Crippen LogP) is 1.64. The molecule has 1 amide bonds. The summed E-state index contributed by atoms with van der Waals surface area (Å²) in [5.41, 5.74) is 2.37. The highest BCUT2D eigenvalue weighted by Gasteiger charge is 2.26. The molecule has 6 heteroatoms. The molecule has 4 rings (SSSR count). The van der Waals surface area contributed by atoms with Gasteiger partial charge in [0.2, 0.25) is 5.91 Å². The average Bonchev–Trinajstić information content (AvgIpc) is 3.03. The number of carbonyl (C=O) groups excluding carboxylic acids is 1. The third-order valence-electron chi connectivity index (χ3n) is 5.00. The molecule has 3 heterocycles. The van der Waals surface area contributed by atoms with Crippen molar-refractivity contribution in [2.75, 3.05) is 24.5 Å². The van der Waals surface area contributed by atoms with Gasteiger partial charge in [0.1, 0.15) is 11.6 Å². The number of hydrogen-bond acceptors (Lipinski definition) is 4. The highest BCUT2D eigenvalue weighted by molar-refractivity contribution is 5.95. The van der Waals surface area contributed by atoms with Crippen molar-refractivity contribution in [3.8, 4) is 0 Å². The van der Waals surface area contributed by atoms with Crippen molar-refractivity contribution < 1.29 is 4.79 Å². The first-order valence-electron chi connectivity index (χ1n) is 8.78. The van der Waals surface area contributed by atoms with Crippen molar-refractivity contribution in [3.05, 3.63) is 41.5 Å². The van der Waals surface area contributed by atoms with Gasteiger partial charge >= 0.3 is 0 Å². The molecule has 0 saturated heterocycles. The fourth-order valence-corrected chi connectivity index (χ4v) is 3.73. The van der Waals surface area contributed by atoms with E-state index < -0.39 is 0 Å². The number of anilines is 1. The summed E-state index contributed by atoms with van der Waals surface area (Å²) in [4.78, 5) is 17.0. The number of aryl methyl sites for hydroxylation is 2. The van der Waals surface area contributed by atoms with Gasteiger partial charge in [0.15, 0.2) is 0 Å². The minimum Gasteiger partial charge on any atom is -0.313 e. The molecule has 1 aromatic heterocycles. The summed E-state index contributed by atoms with van der Waals surface area (Å²) >= 11 is 0. The lowest BCUT2D eigenvalue weighted by Crippen LogP contribution is -2.45. The van der Waals surface area contributed by atoms with Crippen LogP contribution in [-0.2, 0) is 30.7 Å². The predicted molar refractivity (Wildman–Crippen MR) is 91.8 cm³/mol. The molecule has 0 spiro atoms. The second-order valence-corrected chi connectivity index (χ2v) is 6.53. The van der Waals surface area contributed by atoms with Gasteiger partial charge in [-0.15, -0.1) is 10.2 Å². The van der Waals surface area contributed by atoms with Gasteiger partial charge in [-0.2, -0.15) is 0 Å². The Hall–Kier alpha value is -2.21. The maximum Gasteiger partial charge on any atom is 0.241 e. The third kappa shape index (κ3) is 2.71. The molecule has 0 unspecified atom stereocenters. The molecule has 0 saturated carbocycles. The first kappa shape index (κ1) is 15.3. The zero-order chi connectivity index (χ0) is 16.5. The van der Waals surface area contributed by atoms with E-state index in [1.54, 1.807) is 0 Å². The molecule has 2 aliphatic rings. The van der Waals surface area contributed by atoms with Crippen LogP contribution in [0.1, 0.15) is 30.6 Å². The van der Waals surface area contributed by atoms with E-state index in [9.17, 15) is 4.79 Å². The lowest BCUT2D eigenvalue weighted by atomic mass is 10.0. The largest absolute Gasteiger partial charge is 0.313 e. The fraction of sp³-hybridized carbons (Fsp3) is 0.500. The minimum atomic E-state index is 0.186. The summed E-state index contributed by atoms with van der Waals surface area (Å²) < 4.78 is 2.19. The van der Waals surface area contributed by atoms with Crippen LogP contribution in [0.3, 0.4) is 0 Å². The number of aromatic nitrogens is 3. The van der Waals surface area contributed by atoms with E-state index in [0.717, 1.165) is 56.2 Å². The fourth-order valence-electron chi connectivity index (χ4n) is 3.73. The zero-order valence-electron chi connectivity index (χ0n) is 14.1. The molecule has 0 fully saturated rings. The standard InChI is InChI=1S/C18H23N5O/c1-2-16-19-20-17-12-21(10-11-23(16)17)13-18(24)22-9-5-7-14-6-3-4-8-15(14)22/h3-4,6,8H,2,5,7,9-13H2,1H3. The number of hydrogen-bond donors (Lipinski definition) is 0. The van der Waals surface area contributed by atoms with E-state index in [1.807, 2.05) is 11.0 Å². The average molecular weight is 325 g/mol. The van der Waals surface area contributed by atoms with Crippen LogP contribution in [0.25, 0.3) is 0 Å². The Morgan fingerprint density at radius 1 is 1.17 bits per heavy atom. The van der Waals surface area contributed by atoms with E-state index in [2.05, 4.69) is 44.8 Å². The molecule has 2 aliphatic heterocycles. The van der Waals surface area contributed by atoms with E-state index in [0.29, 0.717) is 13.1 Å². The second-order valence-electron chi connectivity index (χ2n) is 6.53. The number of fused-ring (bicyclic) bond motifs is 2. The van der Waals surface area contributed by atoms with E-state index in [4.69, 9.17) is 0 Å². The van der Waals surface area contributed by atoms with Gasteiger partial charge in [-0.3, -0.25) is 9.69 Å². The van der Waals surface area contributed by atoms with Gasteiger partial charge in [-0.25, -0.2) is 0 Å². The van der Waals surface area contributed by atoms with Crippen molar-refractivity contribution >= 4 is 11.6 Å². The lowest BCUT2D eigenvalue weighted by molar-refractivity contribution is -0.120. The summed E-state index contributed by atoms with van der Waals surface area (Å²) in [5.74, 6) is 2.21. The molecule has 2 aromatic rings. The topological polar surface area (TPSA) is 54.3 Å². The van der Waals surface area contributed by atoms with Crippen molar-refractivity contribution in [3.63, 3.8) is 0 Å². The van der Waals surface area contributed by atoms with Gasteiger partial charge < -0.3 is 9.47 Å².